The second-order valence-electron chi connectivity index (χ2n) is 4.61. The lowest BCUT2D eigenvalue weighted by Gasteiger charge is -2.14. The number of halogens is 1. The first-order valence-corrected chi connectivity index (χ1v) is 6.24. The summed E-state index contributed by atoms with van der Waals surface area (Å²) >= 11 is 0. The van der Waals surface area contributed by atoms with Crippen molar-refractivity contribution in [2.24, 2.45) is 0 Å². The molecule has 0 saturated heterocycles. The molecule has 0 aliphatic heterocycles. The lowest BCUT2D eigenvalue weighted by Crippen LogP contribution is -2.42. The Hall–Kier alpha value is -2.70. The minimum atomic E-state index is -1.16. The number of amides is 1. The fourth-order valence-corrected chi connectivity index (χ4v) is 1.84. The zero-order valence-corrected chi connectivity index (χ0v) is 11.3. The summed E-state index contributed by atoms with van der Waals surface area (Å²) in [4.78, 5) is 29.8. The number of H-pyrrole nitrogens is 1. The first-order chi connectivity index (χ1) is 9.97. The zero-order valence-electron chi connectivity index (χ0n) is 11.3. The van der Waals surface area contributed by atoms with Gasteiger partial charge in [0.15, 0.2) is 0 Å². The minimum absolute atomic E-state index is 0.0846. The van der Waals surface area contributed by atoms with Crippen LogP contribution in [0.2, 0.25) is 0 Å². The van der Waals surface area contributed by atoms with Gasteiger partial charge in [0, 0.05) is 23.9 Å². The normalized spacial score (nSPS) is 11.9. The fourth-order valence-electron chi connectivity index (χ4n) is 1.84. The molecule has 3 N–H and O–H groups in total. The number of carboxylic acids is 1. The Labute approximate surface area is 120 Å². The van der Waals surface area contributed by atoms with Gasteiger partial charge in [0.05, 0.1) is 6.33 Å². The topological polar surface area (TPSA) is 95.1 Å². The Morgan fingerprint density at radius 1 is 1.48 bits per heavy atom. The third kappa shape index (κ3) is 3.65. The number of carboxylic acid groups (broad SMARTS) is 1. The number of aromatic amines is 1. The van der Waals surface area contributed by atoms with Crippen LogP contribution in [-0.2, 0) is 11.2 Å². The Bertz CT molecular complexity index is 655. The minimum Gasteiger partial charge on any atom is -0.480 e. The van der Waals surface area contributed by atoms with Crippen LogP contribution in [0.15, 0.2) is 30.7 Å². The summed E-state index contributed by atoms with van der Waals surface area (Å²) in [7, 11) is 0. The van der Waals surface area contributed by atoms with Crippen molar-refractivity contribution in [1.82, 2.24) is 15.3 Å². The number of hydrogen-bond donors (Lipinski definition) is 3. The number of aliphatic carboxylic acids is 1. The molecule has 21 heavy (non-hydrogen) atoms. The highest BCUT2D eigenvalue weighted by atomic mass is 19.1. The van der Waals surface area contributed by atoms with Crippen LogP contribution < -0.4 is 5.32 Å². The summed E-state index contributed by atoms with van der Waals surface area (Å²) in [6.45, 7) is 1.53. The Balaban J connectivity index is 2.10. The van der Waals surface area contributed by atoms with Crippen LogP contribution in [0.25, 0.3) is 0 Å². The first kappa shape index (κ1) is 14.7. The quantitative estimate of drug-likeness (QED) is 0.773. The van der Waals surface area contributed by atoms with Gasteiger partial charge in [-0.05, 0) is 30.7 Å². The molecule has 1 heterocycles. The van der Waals surface area contributed by atoms with Crippen LogP contribution in [0.1, 0.15) is 21.6 Å². The summed E-state index contributed by atoms with van der Waals surface area (Å²) in [6, 6.07) is 2.77. The van der Waals surface area contributed by atoms with E-state index in [1.54, 1.807) is 0 Å². The molecule has 1 atom stereocenters. The molecule has 0 aliphatic rings. The van der Waals surface area contributed by atoms with Crippen molar-refractivity contribution >= 4 is 11.9 Å². The first-order valence-electron chi connectivity index (χ1n) is 6.24. The van der Waals surface area contributed by atoms with Gasteiger partial charge in [-0.2, -0.15) is 0 Å². The van der Waals surface area contributed by atoms with E-state index in [-0.39, 0.29) is 12.0 Å². The van der Waals surface area contributed by atoms with Crippen LogP contribution in [0, 0.1) is 12.7 Å². The maximum Gasteiger partial charge on any atom is 0.326 e. The van der Waals surface area contributed by atoms with Gasteiger partial charge in [0.2, 0.25) is 0 Å². The van der Waals surface area contributed by atoms with Crippen LogP contribution in [0.5, 0.6) is 0 Å². The van der Waals surface area contributed by atoms with Gasteiger partial charge in [-0.15, -0.1) is 0 Å². The maximum atomic E-state index is 13.2. The van der Waals surface area contributed by atoms with Crippen molar-refractivity contribution in [3.8, 4) is 0 Å². The number of aryl methyl sites for hydroxylation is 1. The third-order valence-corrected chi connectivity index (χ3v) is 3.00. The van der Waals surface area contributed by atoms with Crippen molar-refractivity contribution in [3.05, 3.63) is 53.4 Å². The van der Waals surface area contributed by atoms with Crippen LogP contribution >= 0.6 is 0 Å². The predicted molar refractivity (Wildman–Crippen MR) is 72.3 cm³/mol. The van der Waals surface area contributed by atoms with Gasteiger partial charge in [-0.1, -0.05) is 0 Å². The maximum absolute atomic E-state index is 13.2. The third-order valence-electron chi connectivity index (χ3n) is 3.00. The summed E-state index contributed by atoms with van der Waals surface area (Å²) in [6.07, 6.45) is 3.00. The molecule has 0 fully saturated rings. The van der Waals surface area contributed by atoms with E-state index in [0.29, 0.717) is 11.3 Å². The highest BCUT2D eigenvalue weighted by Crippen LogP contribution is 2.10. The number of hydrogen-bond acceptors (Lipinski definition) is 3. The van der Waals surface area contributed by atoms with E-state index in [2.05, 4.69) is 15.3 Å². The summed E-state index contributed by atoms with van der Waals surface area (Å²) in [5.74, 6) is -2.14. The van der Waals surface area contributed by atoms with E-state index in [0.717, 1.165) is 0 Å². The largest absolute Gasteiger partial charge is 0.480 e. The van der Waals surface area contributed by atoms with E-state index in [9.17, 15) is 14.0 Å². The van der Waals surface area contributed by atoms with E-state index in [1.807, 2.05) is 0 Å². The molecule has 0 aliphatic carbocycles. The zero-order chi connectivity index (χ0) is 15.4. The average molecular weight is 291 g/mol. The van der Waals surface area contributed by atoms with Gasteiger partial charge < -0.3 is 15.4 Å². The molecule has 1 amide bonds. The molecule has 0 saturated carbocycles. The van der Waals surface area contributed by atoms with Crippen molar-refractivity contribution in [2.75, 3.05) is 0 Å². The Morgan fingerprint density at radius 2 is 2.24 bits per heavy atom. The molecule has 0 unspecified atom stereocenters. The van der Waals surface area contributed by atoms with Crippen LogP contribution in [-0.4, -0.2) is 33.0 Å². The second-order valence-corrected chi connectivity index (χ2v) is 4.61. The lowest BCUT2D eigenvalue weighted by molar-refractivity contribution is -0.139. The smallest absolute Gasteiger partial charge is 0.326 e. The number of imidazole rings is 1. The molecule has 7 heteroatoms. The number of nitrogens with zero attached hydrogens (tertiary/aromatic N) is 1. The molecule has 1 aromatic carbocycles. The van der Waals surface area contributed by atoms with E-state index in [1.165, 1.54) is 37.6 Å². The molecule has 0 bridgehead atoms. The van der Waals surface area contributed by atoms with Gasteiger partial charge in [-0.25, -0.2) is 14.2 Å². The fraction of sp³-hybridized carbons (Fsp3) is 0.214. The summed E-state index contributed by atoms with van der Waals surface area (Å²) in [5.41, 5.74) is 1.13. The van der Waals surface area contributed by atoms with E-state index >= 15 is 0 Å². The Kier molecular flexibility index (Phi) is 4.32. The van der Waals surface area contributed by atoms with Crippen LogP contribution in [0.4, 0.5) is 4.39 Å². The van der Waals surface area contributed by atoms with Gasteiger partial charge in [-0.3, -0.25) is 4.79 Å². The molecule has 0 spiro atoms. The number of carbonyl (C=O) groups is 2. The molecule has 6 nitrogen and oxygen atoms in total. The van der Waals surface area contributed by atoms with E-state index in [4.69, 9.17) is 5.11 Å². The molecule has 0 radical (unpaired) electrons. The number of nitrogens with one attached hydrogen (secondary N) is 2. The summed E-state index contributed by atoms with van der Waals surface area (Å²) < 4.78 is 13.2. The SMILES string of the molecule is Cc1cc(C(=O)N[C@@H](Cc2cnc[nH]2)C(=O)O)ccc1F. The standard InChI is InChI=1S/C14H14FN3O3/c1-8-4-9(2-3-11(8)15)13(19)18-12(14(20)21)5-10-6-16-7-17-10/h2-4,6-7,12H,5H2,1H3,(H,16,17)(H,18,19)(H,20,21)/t12-/m0/s1. The lowest BCUT2D eigenvalue weighted by atomic mass is 10.1. The molecule has 2 aromatic rings. The highest BCUT2D eigenvalue weighted by molar-refractivity contribution is 5.96. The molecule has 110 valence electrons. The Morgan fingerprint density at radius 3 is 2.81 bits per heavy atom. The van der Waals surface area contributed by atoms with Gasteiger partial charge in [0.1, 0.15) is 11.9 Å². The molecular weight excluding hydrogens is 277 g/mol. The molecule has 2 rings (SSSR count). The highest BCUT2D eigenvalue weighted by Gasteiger charge is 2.22. The van der Waals surface area contributed by atoms with Crippen molar-refractivity contribution < 1.29 is 19.1 Å². The second kappa shape index (κ2) is 6.17. The van der Waals surface area contributed by atoms with Crippen molar-refractivity contribution in [1.29, 1.82) is 0 Å². The molecular formula is C14H14FN3O3. The number of benzene rings is 1. The van der Waals surface area contributed by atoms with Gasteiger partial charge in [0.25, 0.3) is 5.91 Å². The van der Waals surface area contributed by atoms with Crippen molar-refractivity contribution in [2.45, 2.75) is 19.4 Å². The number of rotatable bonds is 5. The van der Waals surface area contributed by atoms with Crippen LogP contribution in [0.3, 0.4) is 0 Å². The summed E-state index contributed by atoms with van der Waals surface area (Å²) in [5, 5.41) is 11.6. The average Bonchev–Trinajstić information content (AvgIpc) is 2.93. The number of aromatic nitrogens is 2. The monoisotopic (exact) mass is 291 g/mol. The van der Waals surface area contributed by atoms with Gasteiger partial charge >= 0.3 is 5.97 Å². The molecule has 1 aromatic heterocycles. The number of carbonyl (C=O) groups excluding carboxylic acids is 1. The predicted octanol–water partition coefficient (Wildman–Crippen LogP) is 1.28. The van der Waals surface area contributed by atoms with E-state index < -0.39 is 23.7 Å². The van der Waals surface area contributed by atoms with Crippen molar-refractivity contribution in [3.63, 3.8) is 0 Å².